The van der Waals surface area contributed by atoms with Crippen LogP contribution in [-0.4, -0.2) is 58.0 Å². The quantitative estimate of drug-likeness (QED) is 0.608. The normalized spacial score (nSPS) is 21.9. The molecule has 3 nitrogen and oxygen atoms in total. The molecule has 0 fully saturated rings. The lowest BCUT2D eigenvalue weighted by Gasteiger charge is -2.47. The molecule has 1 amide bonds. The SMILES string of the molecule is [B]c1cc(Cl)c([B])c2c3c([nH]c12)C(C(N)=O)C([B])([B])CC3([B])[B]. The molecular weight excluding hydrogens is 300 g/mol. The number of halogens is 1. The number of H-pyrrole nitrogens is 1. The van der Waals surface area contributed by atoms with Gasteiger partial charge in [-0.05, 0) is 17.0 Å². The van der Waals surface area contributed by atoms with E-state index in [0.29, 0.717) is 27.6 Å². The fourth-order valence-electron chi connectivity index (χ4n) is 3.48. The van der Waals surface area contributed by atoms with Crippen molar-refractivity contribution in [3.05, 3.63) is 22.3 Å². The van der Waals surface area contributed by atoms with E-state index in [1.807, 2.05) is 0 Å². The Bertz CT molecular complexity index is 847. The lowest BCUT2D eigenvalue weighted by atomic mass is 9.33. The van der Waals surface area contributed by atoms with Gasteiger partial charge in [-0.25, -0.2) is 0 Å². The van der Waals surface area contributed by atoms with Gasteiger partial charge in [0.1, 0.15) is 15.7 Å². The van der Waals surface area contributed by atoms with Crippen LogP contribution in [0.15, 0.2) is 6.07 Å². The van der Waals surface area contributed by atoms with Crippen molar-refractivity contribution in [3.63, 3.8) is 0 Å². The second-order valence-electron chi connectivity index (χ2n) is 6.19. The van der Waals surface area contributed by atoms with Crippen molar-refractivity contribution >= 4 is 86.4 Å². The molecule has 2 aromatic rings. The van der Waals surface area contributed by atoms with Gasteiger partial charge in [-0.15, -0.1) is 0 Å². The number of nitrogens with two attached hydrogens (primary N) is 1. The van der Waals surface area contributed by atoms with Crippen molar-refractivity contribution in [2.45, 2.75) is 22.8 Å². The number of fused-ring (bicyclic) bond motifs is 3. The number of benzene rings is 1. The van der Waals surface area contributed by atoms with E-state index < -0.39 is 22.3 Å². The molecule has 1 aromatic carbocycles. The second-order valence-corrected chi connectivity index (χ2v) is 6.60. The molecule has 3 N–H and O–H groups in total. The summed E-state index contributed by atoms with van der Waals surface area (Å²) in [5.74, 6) is -1.73. The van der Waals surface area contributed by atoms with Crippen molar-refractivity contribution in [1.29, 1.82) is 0 Å². The zero-order valence-corrected chi connectivity index (χ0v) is 12.9. The van der Waals surface area contributed by atoms with E-state index >= 15 is 0 Å². The van der Waals surface area contributed by atoms with Crippen molar-refractivity contribution in [2.75, 3.05) is 0 Å². The van der Waals surface area contributed by atoms with Crippen LogP contribution in [0.2, 0.25) is 10.2 Å². The summed E-state index contributed by atoms with van der Waals surface area (Å²) in [5.41, 5.74) is 7.23. The average Bonchev–Trinajstić information content (AvgIpc) is 2.74. The van der Waals surface area contributed by atoms with Crippen LogP contribution in [0.3, 0.4) is 0 Å². The van der Waals surface area contributed by atoms with Gasteiger partial charge >= 0.3 is 0 Å². The first-order valence-corrected chi connectivity index (χ1v) is 7.19. The van der Waals surface area contributed by atoms with E-state index in [1.54, 1.807) is 0 Å². The maximum absolute atomic E-state index is 11.9. The summed E-state index contributed by atoms with van der Waals surface area (Å²) in [6, 6.07) is 1.49. The number of primary amides is 1. The molecule has 0 bridgehead atoms. The van der Waals surface area contributed by atoms with Crippen LogP contribution in [-0.2, 0) is 10.0 Å². The third-order valence-electron chi connectivity index (χ3n) is 4.30. The number of rotatable bonds is 1. The number of aromatic amines is 1. The molecule has 1 heterocycles. The van der Waals surface area contributed by atoms with Crippen molar-refractivity contribution < 1.29 is 4.79 Å². The van der Waals surface area contributed by atoms with Crippen molar-refractivity contribution in [1.82, 2.24) is 4.98 Å². The van der Waals surface area contributed by atoms with Crippen LogP contribution in [0.25, 0.3) is 10.9 Å². The number of carbonyl (C=O) groups excluding carboxylic acids is 1. The Labute approximate surface area is 147 Å². The van der Waals surface area contributed by atoms with Crippen LogP contribution in [0.4, 0.5) is 0 Å². The lowest BCUT2D eigenvalue weighted by Crippen LogP contribution is -2.46. The first-order valence-electron chi connectivity index (χ1n) is 6.81. The Morgan fingerprint density at radius 1 is 1.30 bits per heavy atom. The number of hydrogen-bond acceptors (Lipinski definition) is 1. The average molecular weight is 308 g/mol. The Hall–Kier alpha value is -1.09. The van der Waals surface area contributed by atoms with E-state index in [2.05, 4.69) is 4.98 Å². The molecule has 1 aliphatic rings. The Balaban J connectivity index is 2.49. The summed E-state index contributed by atoms with van der Waals surface area (Å²) < 4.78 is 0. The number of aromatic nitrogens is 1. The zero-order valence-electron chi connectivity index (χ0n) is 12.2. The zero-order chi connectivity index (χ0) is 17.3. The molecule has 1 aromatic heterocycles. The van der Waals surface area contributed by atoms with Crippen LogP contribution >= 0.6 is 11.6 Å². The second kappa shape index (κ2) is 4.95. The molecule has 23 heavy (non-hydrogen) atoms. The van der Waals surface area contributed by atoms with Gasteiger partial charge in [0.25, 0.3) is 0 Å². The third-order valence-corrected chi connectivity index (χ3v) is 4.61. The highest BCUT2D eigenvalue weighted by atomic mass is 35.5. The summed E-state index contributed by atoms with van der Waals surface area (Å²) in [7, 11) is 36.6. The monoisotopic (exact) mass is 308 g/mol. The lowest BCUT2D eigenvalue weighted by molar-refractivity contribution is -0.120. The van der Waals surface area contributed by atoms with Gasteiger partial charge in [-0.1, -0.05) is 39.4 Å². The van der Waals surface area contributed by atoms with Gasteiger partial charge in [-0.2, -0.15) is 0 Å². The Kier molecular flexibility index (Phi) is 3.61. The highest BCUT2D eigenvalue weighted by Gasteiger charge is 2.47. The first-order chi connectivity index (χ1) is 10.5. The summed E-state index contributed by atoms with van der Waals surface area (Å²) >= 11 is 6.10. The summed E-state index contributed by atoms with van der Waals surface area (Å²) in [4.78, 5) is 14.9. The largest absolute Gasteiger partial charge is 0.369 e. The smallest absolute Gasteiger partial charge is 0.225 e. The van der Waals surface area contributed by atoms with Gasteiger partial charge < -0.3 is 10.7 Å². The predicted molar refractivity (Wildman–Crippen MR) is 98.0 cm³/mol. The van der Waals surface area contributed by atoms with E-state index in [-0.39, 0.29) is 16.9 Å². The Morgan fingerprint density at radius 3 is 2.48 bits per heavy atom. The summed E-state index contributed by atoms with van der Waals surface area (Å²) in [6.45, 7) is 0. The standard InChI is InChI=1S/C13H7B6ClN2O/c14-3-1-4(20)8(15)5-6-10(22-9(3)5)7(11(21)23)13(18,19)2-12(6,16)17/h1,7,22H,2H2,(H2,21,23). The van der Waals surface area contributed by atoms with Crippen LogP contribution in [0.5, 0.6) is 0 Å². The van der Waals surface area contributed by atoms with Crippen molar-refractivity contribution in [2.24, 2.45) is 5.73 Å². The molecule has 100 valence electrons. The van der Waals surface area contributed by atoms with Gasteiger partial charge in [-0.3, -0.25) is 4.79 Å². The minimum Gasteiger partial charge on any atom is -0.369 e. The number of carbonyl (C=O) groups is 1. The molecule has 0 spiro atoms. The topological polar surface area (TPSA) is 58.9 Å². The number of hydrogen-bond donors (Lipinski definition) is 2. The minimum atomic E-state index is -1.52. The fraction of sp³-hybridized carbons (Fsp3) is 0.308. The fourth-order valence-corrected chi connectivity index (χ4v) is 3.70. The molecule has 1 atom stereocenters. The maximum Gasteiger partial charge on any atom is 0.225 e. The molecule has 1 unspecified atom stereocenters. The first kappa shape index (κ1) is 16.8. The summed E-state index contributed by atoms with van der Waals surface area (Å²) in [6.07, 6.45) is -0.0839. The minimum absolute atomic E-state index is 0.0839. The molecule has 10 heteroatoms. The number of amides is 1. The number of nitrogens with one attached hydrogen (secondary N) is 1. The van der Waals surface area contributed by atoms with Gasteiger partial charge in [0.15, 0.2) is 0 Å². The van der Waals surface area contributed by atoms with E-state index in [0.717, 1.165) is 0 Å². The Morgan fingerprint density at radius 2 is 1.91 bits per heavy atom. The predicted octanol–water partition coefficient (Wildman–Crippen LogP) is -1.68. The molecule has 0 saturated carbocycles. The molecule has 0 aliphatic heterocycles. The van der Waals surface area contributed by atoms with E-state index in [9.17, 15) is 4.79 Å². The van der Waals surface area contributed by atoms with Crippen LogP contribution in [0.1, 0.15) is 23.6 Å². The van der Waals surface area contributed by atoms with Gasteiger partial charge in [0.2, 0.25) is 5.91 Å². The molecule has 0 saturated heterocycles. The molecular formula is C13H7B6ClN2O. The third kappa shape index (κ3) is 2.31. The van der Waals surface area contributed by atoms with Crippen LogP contribution < -0.4 is 16.7 Å². The maximum atomic E-state index is 11.9. The highest BCUT2D eigenvalue weighted by Crippen LogP contribution is 2.53. The van der Waals surface area contributed by atoms with E-state index in [4.69, 9.17) is 64.4 Å². The van der Waals surface area contributed by atoms with Crippen molar-refractivity contribution in [3.8, 4) is 0 Å². The summed E-state index contributed by atoms with van der Waals surface area (Å²) in [5, 5.41) is -2.25. The van der Waals surface area contributed by atoms with Gasteiger partial charge in [0.05, 0.1) is 37.3 Å². The van der Waals surface area contributed by atoms with Gasteiger partial charge in [0, 0.05) is 16.2 Å². The van der Waals surface area contributed by atoms with Crippen LogP contribution in [0, 0.1) is 0 Å². The molecule has 1 aliphatic carbocycles. The van der Waals surface area contributed by atoms with E-state index in [1.165, 1.54) is 6.07 Å². The molecule has 12 radical (unpaired) electrons. The molecule has 3 rings (SSSR count). The highest BCUT2D eigenvalue weighted by molar-refractivity contribution is 6.54.